The minimum atomic E-state index is -0.315. The fourth-order valence-electron chi connectivity index (χ4n) is 2.99. The van der Waals surface area contributed by atoms with E-state index in [4.69, 9.17) is 19.9 Å². The van der Waals surface area contributed by atoms with Crippen molar-refractivity contribution < 1.29 is 19.0 Å². The van der Waals surface area contributed by atoms with Gasteiger partial charge in [0.1, 0.15) is 11.8 Å². The number of anilines is 1. The normalized spacial score (nSPS) is 10.3. The van der Waals surface area contributed by atoms with Crippen molar-refractivity contribution in [1.82, 2.24) is 4.57 Å². The molecule has 0 aliphatic rings. The van der Waals surface area contributed by atoms with Crippen molar-refractivity contribution in [3.63, 3.8) is 0 Å². The zero-order valence-corrected chi connectivity index (χ0v) is 17.6. The van der Waals surface area contributed by atoms with Gasteiger partial charge >= 0.3 is 0 Å². The molecule has 0 aliphatic carbocycles. The van der Waals surface area contributed by atoms with Crippen LogP contribution in [-0.4, -0.2) is 31.7 Å². The van der Waals surface area contributed by atoms with Crippen LogP contribution >= 0.6 is 15.9 Å². The van der Waals surface area contributed by atoms with Gasteiger partial charge in [-0.3, -0.25) is 4.79 Å². The summed E-state index contributed by atoms with van der Waals surface area (Å²) in [5, 5.41) is 9.45. The van der Waals surface area contributed by atoms with Gasteiger partial charge in [0, 0.05) is 28.4 Å². The number of carbonyl (C=O) groups is 1. The molecule has 3 aromatic rings. The molecule has 0 radical (unpaired) electrons. The van der Waals surface area contributed by atoms with Crippen LogP contribution in [0.15, 0.2) is 47.1 Å². The van der Waals surface area contributed by atoms with Crippen LogP contribution in [0.1, 0.15) is 21.6 Å². The molecule has 8 heteroatoms. The predicted octanol–water partition coefficient (Wildman–Crippen LogP) is 3.95. The van der Waals surface area contributed by atoms with Crippen molar-refractivity contribution in [2.45, 2.75) is 0 Å². The zero-order chi connectivity index (χ0) is 21.1. The first kappa shape index (κ1) is 20.3. The van der Waals surface area contributed by atoms with E-state index in [-0.39, 0.29) is 22.7 Å². The van der Waals surface area contributed by atoms with E-state index in [1.165, 1.54) is 27.5 Å². The number of methoxy groups -OCH3 is 3. The van der Waals surface area contributed by atoms with Gasteiger partial charge in [0.05, 0.1) is 38.3 Å². The molecule has 29 heavy (non-hydrogen) atoms. The lowest BCUT2D eigenvalue weighted by Crippen LogP contribution is -2.11. The van der Waals surface area contributed by atoms with Gasteiger partial charge in [-0.15, -0.1) is 0 Å². The van der Waals surface area contributed by atoms with Gasteiger partial charge in [0.25, 0.3) is 0 Å². The second kappa shape index (κ2) is 8.29. The number of nitrogens with zero attached hydrogens (tertiary/aromatic N) is 2. The Kier molecular flexibility index (Phi) is 5.80. The second-order valence-electron chi connectivity index (χ2n) is 6.01. The van der Waals surface area contributed by atoms with Crippen molar-refractivity contribution in [3.05, 3.63) is 63.9 Å². The average molecular weight is 456 g/mol. The molecule has 0 amide bonds. The molecule has 2 aromatic carbocycles. The molecule has 1 heterocycles. The SMILES string of the molecule is COc1cc(-n2cc(C#N)c(N)c2C(=O)c2ccc(Br)cc2)cc(OC)c1OC. The number of rotatable bonds is 6. The number of ketones is 1. The molecule has 0 fully saturated rings. The Morgan fingerprint density at radius 3 is 2.14 bits per heavy atom. The molecule has 0 saturated heterocycles. The molecule has 3 rings (SSSR count). The molecule has 7 nitrogen and oxygen atoms in total. The van der Waals surface area contributed by atoms with Crippen LogP contribution in [0.3, 0.4) is 0 Å². The molecule has 148 valence electrons. The van der Waals surface area contributed by atoms with Crippen molar-refractivity contribution in [2.75, 3.05) is 27.1 Å². The molecule has 0 saturated carbocycles. The van der Waals surface area contributed by atoms with Gasteiger partial charge in [-0.05, 0) is 24.3 Å². The third-order valence-corrected chi connectivity index (χ3v) is 4.94. The largest absolute Gasteiger partial charge is 0.493 e. The Bertz CT molecular complexity index is 1090. The zero-order valence-electron chi connectivity index (χ0n) is 16.0. The van der Waals surface area contributed by atoms with Crippen molar-refractivity contribution >= 4 is 27.4 Å². The molecule has 0 bridgehead atoms. The van der Waals surface area contributed by atoms with E-state index in [0.717, 1.165) is 4.47 Å². The quantitative estimate of drug-likeness (QED) is 0.564. The van der Waals surface area contributed by atoms with Crippen LogP contribution in [0.4, 0.5) is 5.69 Å². The van der Waals surface area contributed by atoms with E-state index in [2.05, 4.69) is 15.9 Å². The fourth-order valence-corrected chi connectivity index (χ4v) is 3.25. The average Bonchev–Trinajstić information content (AvgIpc) is 3.08. The highest BCUT2D eigenvalue weighted by Gasteiger charge is 2.24. The molecular weight excluding hydrogens is 438 g/mol. The summed E-state index contributed by atoms with van der Waals surface area (Å²) in [4.78, 5) is 13.2. The summed E-state index contributed by atoms with van der Waals surface area (Å²) in [5.74, 6) is 0.926. The third kappa shape index (κ3) is 3.65. The van der Waals surface area contributed by atoms with E-state index in [9.17, 15) is 10.1 Å². The minimum absolute atomic E-state index is 0.106. The number of aromatic nitrogens is 1. The Morgan fingerprint density at radius 2 is 1.66 bits per heavy atom. The Balaban J connectivity index is 2.25. The topological polar surface area (TPSA) is 99.5 Å². The minimum Gasteiger partial charge on any atom is -0.493 e. The van der Waals surface area contributed by atoms with E-state index < -0.39 is 0 Å². The Hall–Kier alpha value is -3.44. The fraction of sp³-hybridized carbons (Fsp3) is 0.143. The summed E-state index contributed by atoms with van der Waals surface area (Å²) < 4.78 is 18.6. The van der Waals surface area contributed by atoms with Crippen molar-refractivity contribution in [2.24, 2.45) is 0 Å². The number of halogens is 1. The van der Waals surface area contributed by atoms with Gasteiger partial charge in [-0.1, -0.05) is 15.9 Å². The van der Waals surface area contributed by atoms with Gasteiger partial charge < -0.3 is 24.5 Å². The lowest BCUT2D eigenvalue weighted by Gasteiger charge is -2.16. The summed E-state index contributed by atoms with van der Waals surface area (Å²) in [7, 11) is 4.50. The first-order valence-corrected chi connectivity index (χ1v) is 9.26. The summed E-state index contributed by atoms with van der Waals surface area (Å²) in [6.45, 7) is 0. The molecule has 2 N–H and O–H groups in total. The summed E-state index contributed by atoms with van der Waals surface area (Å²) in [6.07, 6.45) is 1.52. The van der Waals surface area contributed by atoms with Gasteiger partial charge in [0.2, 0.25) is 11.5 Å². The van der Waals surface area contributed by atoms with Crippen LogP contribution in [0.5, 0.6) is 17.2 Å². The first-order valence-electron chi connectivity index (χ1n) is 8.46. The number of hydrogen-bond donors (Lipinski definition) is 1. The molecule has 0 aliphatic heterocycles. The third-order valence-electron chi connectivity index (χ3n) is 4.41. The van der Waals surface area contributed by atoms with Crippen LogP contribution in [0.25, 0.3) is 5.69 Å². The van der Waals surface area contributed by atoms with Crippen LogP contribution < -0.4 is 19.9 Å². The number of hydrogen-bond acceptors (Lipinski definition) is 6. The lowest BCUT2D eigenvalue weighted by molar-refractivity contribution is 0.103. The van der Waals surface area contributed by atoms with Crippen molar-refractivity contribution in [1.29, 1.82) is 5.26 Å². The predicted molar refractivity (Wildman–Crippen MR) is 112 cm³/mol. The Labute approximate surface area is 176 Å². The molecule has 1 aromatic heterocycles. The number of benzene rings is 2. The highest BCUT2D eigenvalue weighted by atomic mass is 79.9. The number of nitrogens with two attached hydrogens (primary N) is 1. The highest BCUT2D eigenvalue weighted by Crippen LogP contribution is 2.40. The maximum atomic E-state index is 13.2. The number of nitrogen functional groups attached to an aromatic ring is 1. The Morgan fingerprint density at radius 1 is 1.07 bits per heavy atom. The van der Waals surface area contributed by atoms with E-state index in [0.29, 0.717) is 28.5 Å². The molecule has 0 atom stereocenters. The molecule has 0 unspecified atom stereocenters. The molecule has 0 spiro atoms. The maximum Gasteiger partial charge on any atom is 0.211 e. The van der Waals surface area contributed by atoms with Crippen LogP contribution in [0.2, 0.25) is 0 Å². The van der Waals surface area contributed by atoms with E-state index >= 15 is 0 Å². The summed E-state index contributed by atoms with van der Waals surface area (Å²) >= 11 is 3.35. The maximum absolute atomic E-state index is 13.2. The summed E-state index contributed by atoms with van der Waals surface area (Å²) in [6, 6.07) is 12.3. The second-order valence-corrected chi connectivity index (χ2v) is 6.92. The lowest BCUT2D eigenvalue weighted by atomic mass is 10.1. The van der Waals surface area contributed by atoms with Crippen LogP contribution in [-0.2, 0) is 0 Å². The smallest absolute Gasteiger partial charge is 0.211 e. The van der Waals surface area contributed by atoms with E-state index in [1.807, 2.05) is 6.07 Å². The number of nitriles is 1. The van der Waals surface area contributed by atoms with Gasteiger partial charge in [-0.25, -0.2) is 0 Å². The monoisotopic (exact) mass is 455 g/mol. The van der Waals surface area contributed by atoms with Gasteiger partial charge in [-0.2, -0.15) is 5.26 Å². The highest BCUT2D eigenvalue weighted by molar-refractivity contribution is 9.10. The van der Waals surface area contributed by atoms with Gasteiger partial charge in [0.15, 0.2) is 11.5 Å². The van der Waals surface area contributed by atoms with E-state index in [1.54, 1.807) is 41.0 Å². The number of ether oxygens (including phenoxy) is 3. The number of carbonyl (C=O) groups excluding carboxylic acids is 1. The standard InChI is InChI=1S/C21H18BrN3O4/c1-27-16-8-15(9-17(28-2)21(16)29-3)25-11-13(10-23)18(24)19(25)20(26)12-4-6-14(22)7-5-12/h4-9,11H,24H2,1-3H3. The van der Waals surface area contributed by atoms with Crippen LogP contribution in [0, 0.1) is 11.3 Å². The molecular formula is C21H18BrN3O4. The first-order chi connectivity index (χ1) is 13.9. The summed E-state index contributed by atoms with van der Waals surface area (Å²) in [5.41, 5.74) is 7.61. The van der Waals surface area contributed by atoms with Crippen molar-refractivity contribution in [3.8, 4) is 29.0 Å².